The van der Waals surface area contributed by atoms with E-state index < -0.39 is 17.0 Å². The first-order valence-electron chi connectivity index (χ1n) is 5.40. The molecule has 0 bridgehead atoms. The molecule has 2 aromatic carbocycles. The Bertz CT molecular complexity index is 555. The van der Waals surface area contributed by atoms with Crippen LogP contribution < -0.4 is 0 Å². The molecule has 0 radical (unpaired) electrons. The van der Waals surface area contributed by atoms with Crippen LogP contribution in [-0.2, 0) is 6.42 Å². The lowest BCUT2D eigenvalue weighted by atomic mass is 10.0. The molecule has 0 aromatic heterocycles. The van der Waals surface area contributed by atoms with Gasteiger partial charge in [-0.2, -0.15) is 0 Å². The van der Waals surface area contributed by atoms with Crippen molar-refractivity contribution in [1.29, 1.82) is 0 Å². The van der Waals surface area contributed by atoms with Crippen LogP contribution >= 0.6 is 23.2 Å². The monoisotopic (exact) mass is 286 g/mol. The van der Waals surface area contributed by atoms with Crippen molar-refractivity contribution in [3.8, 4) is 0 Å². The lowest BCUT2D eigenvalue weighted by Gasteiger charge is -2.11. The Labute approximate surface area is 114 Å². The third kappa shape index (κ3) is 3.01. The summed E-state index contributed by atoms with van der Waals surface area (Å²) in [6, 6.07) is 11.0. The van der Waals surface area contributed by atoms with Crippen LogP contribution in [0, 0.1) is 11.6 Å². The molecule has 4 heteroatoms. The first kappa shape index (κ1) is 13.3. The number of alkyl halides is 1. The minimum absolute atomic E-state index is 0.444. The van der Waals surface area contributed by atoms with Crippen molar-refractivity contribution in [3.05, 3.63) is 70.2 Å². The molecule has 0 fully saturated rings. The van der Waals surface area contributed by atoms with E-state index in [1.807, 2.05) is 18.2 Å². The predicted molar refractivity (Wildman–Crippen MR) is 70.1 cm³/mol. The van der Waals surface area contributed by atoms with Crippen LogP contribution in [0.15, 0.2) is 42.5 Å². The summed E-state index contributed by atoms with van der Waals surface area (Å²) in [6.07, 6.45) is 0.465. The van der Waals surface area contributed by atoms with Gasteiger partial charge in [0.05, 0.1) is 5.38 Å². The summed E-state index contributed by atoms with van der Waals surface area (Å²) >= 11 is 12.2. The van der Waals surface area contributed by atoms with Crippen molar-refractivity contribution in [2.75, 3.05) is 0 Å². The molecule has 0 amide bonds. The van der Waals surface area contributed by atoms with Crippen LogP contribution in [0.4, 0.5) is 8.78 Å². The number of hydrogen-bond donors (Lipinski definition) is 0. The molecule has 0 nitrogen and oxygen atoms in total. The van der Waals surface area contributed by atoms with Gasteiger partial charge in [0.1, 0.15) is 0 Å². The maximum atomic E-state index is 13.1. The number of rotatable bonds is 3. The van der Waals surface area contributed by atoms with E-state index in [9.17, 15) is 8.78 Å². The van der Waals surface area contributed by atoms with Crippen molar-refractivity contribution in [2.24, 2.45) is 0 Å². The summed E-state index contributed by atoms with van der Waals surface area (Å²) in [7, 11) is 0. The van der Waals surface area contributed by atoms with Crippen molar-refractivity contribution in [1.82, 2.24) is 0 Å². The van der Waals surface area contributed by atoms with Crippen LogP contribution in [0.2, 0.25) is 5.02 Å². The van der Waals surface area contributed by atoms with Gasteiger partial charge in [0.15, 0.2) is 11.6 Å². The first-order chi connectivity index (χ1) is 8.58. The fraction of sp³-hybridized carbons (Fsp3) is 0.143. The van der Waals surface area contributed by atoms with Crippen LogP contribution in [-0.4, -0.2) is 0 Å². The molecule has 0 saturated carbocycles. The highest BCUT2D eigenvalue weighted by Crippen LogP contribution is 2.28. The summed E-state index contributed by atoms with van der Waals surface area (Å²) < 4.78 is 25.9. The van der Waals surface area contributed by atoms with Gasteiger partial charge in [0.2, 0.25) is 0 Å². The fourth-order valence-electron chi connectivity index (χ4n) is 1.68. The maximum absolute atomic E-state index is 13.1. The molecule has 2 rings (SSSR count). The van der Waals surface area contributed by atoms with Crippen LogP contribution in [0.5, 0.6) is 0 Å². The lowest BCUT2D eigenvalue weighted by Crippen LogP contribution is -1.98. The van der Waals surface area contributed by atoms with Gasteiger partial charge in [-0.3, -0.25) is 0 Å². The Hall–Kier alpha value is -1.12. The predicted octanol–water partition coefficient (Wildman–Crippen LogP) is 5.14. The van der Waals surface area contributed by atoms with Gasteiger partial charge in [-0.25, -0.2) is 8.78 Å². The minimum atomic E-state index is -0.891. The van der Waals surface area contributed by atoms with E-state index in [2.05, 4.69) is 0 Å². The average molecular weight is 287 g/mol. The van der Waals surface area contributed by atoms with Crippen molar-refractivity contribution >= 4 is 23.2 Å². The molecule has 0 saturated heterocycles. The van der Waals surface area contributed by atoms with Gasteiger partial charge in [-0.1, -0.05) is 35.9 Å². The molecule has 0 spiro atoms. The summed E-state index contributed by atoms with van der Waals surface area (Å²) in [5, 5.41) is 0.172. The van der Waals surface area contributed by atoms with E-state index >= 15 is 0 Å². The molecule has 0 N–H and O–H groups in total. The molecule has 0 aliphatic rings. The van der Waals surface area contributed by atoms with Crippen LogP contribution in [0.25, 0.3) is 0 Å². The highest BCUT2D eigenvalue weighted by atomic mass is 35.5. The molecule has 2 aromatic rings. The van der Waals surface area contributed by atoms with Gasteiger partial charge in [0, 0.05) is 5.02 Å². The van der Waals surface area contributed by atoms with E-state index in [1.165, 1.54) is 6.07 Å². The molecular formula is C14H10Cl2F2. The largest absolute Gasteiger partial charge is 0.204 e. The van der Waals surface area contributed by atoms with Crippen LogP contribution in [0.1, 0.15) is 16.5 Å². The van der Waals surface area contributed by atoms with Gasteiger partial charge in [-0.15, -0.1) is 11.6 Å². The first-order valence-corrected chi connectivity index (χ1v) is 6.22. The van der Waals surface area contributed by atoms with Gasteiger partial charge < -0.3 is 0 Å². The lowest BCUT2D eigenvalue weighted by molar-refractivity contribution is 0.507. The zero-order chi connectivity index (χ0) is 13.1. The molecule has 0 aliphatic carbocycles. The molecule has 1 unspecified atom stereocenters. The normalized spacial score (nSPS) is 12.4. The fourth-order valence-corrected chi connectivity index (χ4v) is 2.20. The summed E-state index contributed by atoms with van der Waals surface area (Å²) in [4.78, 5) is 0. The summed E-state index contributed by atoms with van der Waals surface area (Å²) in [5.41, 5.74) is 1.42. The number of hydrogen-bond acceptors (Lipinski definition) is 0. The average Bonchev–Trinajstić information content (AvgIpc) is 2.35. The topological polar surface area (TPSA) is 0 Å². The molecule has 94 valence electrons. The van der Waals surface area contributed by atoms with Gasteiger partial charge in [-0.05, 0) is 35.7 Å². The van der Waals surface area contributed by atoms with E-state index in [1.54, 1.807) is 6.07 Å². The minimum Gasteiger partial charge on any atom is -0.204 e. The molecular weight excluding hydrogens is 277 g/mol. The number of halogens is 4. The Kier molecular flexibility index (Phi) is 4.20. The zero-order valence-electron chi connectivity index (χ0n) is 9.34. The van der Waals surface area contributed by atoms with E-state index in [-0.39, 0.29) is 0 Å². The highest BCUT2D eigenvalue weighted by molar-refractivity contribution is 6.31. The van der Waals surface area contributed by atoms with Crippen molar-refractivity contribution < 1.29 is 8.78 Å². The standard InChI is InChI=1S/C14H10Cl2F2/c15-11-4-2-1-3-9(11)7-12(16)10-5-6-13(17)14(18)8-10/h1-6,8,12H,7H2. The molecule has 1 atom stereocenters. The van der Waals surface area contributed by atoms with E-state index in [0.29, 0.717) is 17.0 Å². The van der Waals surface area contributed by atoms with Crippen LogP contribution in [0.3, 0.4) is 0 Å². The molecule has 0 aliphatic heterocycles. The smallest absolute Gasteiger partial charge is 0.159 e. The van der Waals surface area contributed by atoms with Crippen molar-refractivity contribution in [3.63, 3.8) is 0 Å². The Morgan fingerprint density at radius 3 is 2.39 bits per heavy atom. The molecule has 18 heavy (non-hydrogen) atoms. The number of benzene rings is 2. The Morgan fingerprint density at radius 1 is 1.00 bits per heavy atom. The zero-order valence-corrected chi connectivity index (χ0v) is 10.8. The van der Waals surface area contributed by atoms with Gasteiger partial charge >= 0.3 is 0 Å². The summed E-state index contributed by atoms with van der Waals surface area (Å²) in [6.45, 7) is 0. The second-order valence-electron chi connectivity index (χ2n) is 3.94. The van der Waals surface area contributed by atoms with Gasteiger partial charge in [0.25, 0.3) is 0 Å². The highest BCUT2D eigenvalue weighted by Gasteiger charge is 2.13. The van der Waals surface area contributed by atoms with E-state index in [0.717, 1.165) is 17.7 Å². The SMILES string of the molecule is Fc1ccc(C(Cl)Cc2ccccc2Cl)cc1F. The maximum Gasteiger partial charge on any atom is 0.159 e. The second-order valence-corrected chi connectivity index (χ2v) is 4.87. The van der Waals surface area contributed by atoms with E-state index in [4.69, 9.17) is 23.2 Å². The quantitative estimate of drug-likeness (QED) is 0.685. The Morgan fingerprint density at radius 2 is 1.72 bits per heavy atom. The van der Waals surface area contributed by atoms with Crippen molar-refractivity contribution in [2.45, 2.75) is 11.8 Å². The third-order valence-corrected chi connectivity index (χ3v) is 3.44. The second kappa shape index (κ2) is 5.68. The summed E-state index contributed by atoms with van der Waals surface area (Å²) in [5.74, 6) is -1.77. The Balaban J connectivity index is 2.19. The molecule has 0 heterocycles. The third-order valence-electron chi connectivity index (χ3n) is 2.66.